The summed E-state index contributed by atoms with van der Waals surface area (Å²) < 4.78 is 0. The van der Waals surface area contributed by atoms with Crippen molar-refractivity contribution in [2.45, 2.75) is 26.4 Å². The first-order valence-electron chi connectivity index (χ1n) is 6.06. The summed E-state index contributed by atoms with van der Waals surface area (Å²) in [7, 11) is 0. The van der Waals surface area contributed by atoms with Crippen molar-refractivity contribution in [3.63, 3.8) is 0 Å². The van der Waals surface area contributed by atoms with E-state index in [0.29, 0.717) is 11.4 Å². The molecule has 0 aliphatic carbocycles. The first kappa shape index (κ1) is 13.1. The molecule has 0 radical (unpaired) electrons. The van der Waals surface area contributed by atoms with Crippen LogP contribution in [-0.2, 0) is 6.42 Å². The molecule has 0 bridgehead atoms. The number of aliphatic hydroxyl groups is 1. The van der Waals surface area contributed by atoms with Gasteiger partial charge in [0.05, 0.1) is 6.10 Å². The van der Waals surface area contributed by atoms with Crippen molar-refractivity contribution in [2.24, 2.45) is 0 Å². The fourth-order valence-corrected chi connectivity index (χ4v) is 2.07. The Morgan fingerprint density at radius 1 is 1.06 bits per heavy atom. The van der Waals surface area contributed by atoms with Gasteiger partial charge in [-0.2, -0.15) is 0 Å². The van der Waals surface area contributed by atoms with Crippen molar-refractivity contribution in [2.75, 3.05) is 0 Å². The standard InChI is InChI=1S/C16H17ClO/c1-11-3-6-13(7-4-11)9-16(18)14-8-5-12(2)15(17)10-14/h3-8,10,16,18H,9H2,1-2H3. The van der Waals surface area contributed by atoms with Crippen LogP contribution >= 0.6 is 11.6 Å². The average molecular weight is 261 g/mol. The molecule has 1 atom stereocenters. The van der Waals surface area contributed by atoms with Crippen LogP contribution in [0.1, 0.15) is 28.4 Å². The molecule has 0 heterocycles. The lowest BCUT2D eigenvalue weighted by Gasteiger charge is -2.12. The maximum atomic E-state index is 10.2. The lowest BCUT2D eigenvalue weighted by molar-refractivity contribution is 0.178. The molecule has 1 N–H and O–H groups in total. The summed E-state index contributed by atoms with van der Waals surface area (Å²) in [5.41, 5.74) is 4.26. The van der Waals surface area contributed by atoms with E-state index in [2.05, 4.69) is 19.1 Å². The summed E-state index contributed by atoms with van der Waals surface area (Å²) in [4.78, 5) is 0. The molecule has 0 aliphatic rings. The van der Waals surface area contributed by atoms with Crippen LogP contribution in [0.25, 0.3) is 0 Å². The second kappa shape index (κ2) is 5.55. The second-order valence-corrected chi connectivity index (χ2v) is 5.12. The highest BCUT2D eigenvalue weighted by Crippen LogP contribution is 2.23. The van der Waals surface area contributed by atoms with Gasteiger partial charge in [-0.05, 0) is 36.6 Å². The van der Waals surface area contributed by atoms with Crippen LogP contribution in [0.5, 0.6) is 0 Å². The quantitative estimate of drug-likeness (QED) is 0.876. The van der Waals surface area contributed by atoms with Gasteiger partial charge in [0, 0.05) is 11.4 Å². The van der Waals surface area contributed by atoms with E-state index in [4.69, 9.17) is 11.6 Å². The molecular weight excluding hydrogens is 244 g/mol. The Morgan fingerprint density at radius 2 is 1.72 bits per heavy atom. The van der Waals surface area contributed by atoms with Gasteiger partial charge in [-0.3, -0.25) is 0 Å². The Balaban J connectivity index is 2.13. The highest BCUT2D eigenvalue weighted by atomic mass is 35.5. The highest BCUT2D eigenvalue weighted by Gasteiger charge is 2.09. The number of halogens is 1. The minimum absolute atomic E-state index is 0.509. The van der Waals surface area contributed by atoms with Crippen molar-refractivity contribution in [1.82, 2.24) is 0 Å². The minimum atomic E-state index is -0.509. The molecule has 0 amide bonds. The van der Waals surface area contributed by atoms with Crippen molar-refractivity contribution < 1.29 is 5.11 Å². The lowest BCUT2D eigenvalue weighted by atomic mass is 10.00. The topological polar surface area (TPSA) is 20.2 Å². The number of benzene rings is 2. The van der Waals surface area contributed by atoms with E-state index in [1.165, 1.54) is 5.56 Å². The maximum absolute atomic E-state index is 10.2. The highest BCUT2D eigenvalue weighted by molar-refractivity contribution is 6.31. The first-order chi connectivity index (χ1) is 8.56. The third kappa shape index (κ3) is 3.12. The van der Waals surface area contributed by atoms with Crippen LogP contribution in [0.3, 0.4) is 0 Å². The van der Waals surface area contributed by atoms with Gasteiger partial charge in [-0.1, -0.05) is 53.6 Å². The Labute approximate surface area is 113 Å². The van der Waals surface area contributed by atoms with Crippen LogP contribution in [0.15, 0.2) is 42.5 Å². The molecule has 2 heteroatoms. The molecule has 0 fully saturated rings. The van der Waals surface area contributed by atoms with Crippen LogP contribution < -0.4 is 0 Å². The molecular formula is C16H17ClO. The molecule has 2 aromatic carbocycles. The van der Waals surface area contributed by atoms with Crippen molar-refractivity contribution >= 4 is 11.6 Å². The molecule has 0 saturated heterocycles. The van der Waals surface area contributed by atoms with Crippen molar-refractivity contribution in [3.8, 4) is 0 Å². The van der Waals surface area contributed by atoms with Gasteiger partial charge in [-0.15, -0.1) is 0 Å². The van der Waals surface area contributed by atoms with E-state index in [0.717, 1.165) is 16.7 Å². The molecule has 1 nitrogen and oxygen atoms in total. The zero-order chi connectivity index (χ0) is 13.1. The number of aliphatic hydroxyl groups excluding tert-OH is 1. The van der Waals surface area contributed by atoms with E-state index >= 15 is 0 Å². The molecule has 1 unspecified atom stereocenters. The van der Waals surface area contributed by atoms with E-state index < -0.39 is 6.10 Å². The predicted molar refractivity (Wildman–Crippen MR) is 76.0 cm³/mol. The van der Waals surface area contributed by atoms with Crippen LogP contribution in [0.4, 0.5) is 0 Å². The van der Waals surface area contributed by atoms with Crippen LogP contribution in [0.2, 0.25) is 5.02 Å². The summed E-state index contributed by atoms with van der Waals surface area (Å²) in [6.07, 6.45) is 0.102. The molecule has 2 aromatic rings. The van der Waals surface area contributed by atoms with Gasteiger partial charge in [0.1, 0.15) is 0 Å². The van der Waals surface area contributed by atoms with Crippen LogP contribution in [-0.4, -0.2) is 5.11 Å². The Hall–Kier alpha value is -1.31. The summed E-state index contributed by atoms with van der Waals surface area (Å²) in [5, 5.41) is 10.9. The second-order valence-electron chi connectivity index (χ2n) is 4.71. The van der Waals surface area contributed by atoms with Gasteiger partial charge >= 0.3 is 0 Å². The monoisotopic (exact) mass is 260 g/mol. The Morgan fingerprint density at radius 3 is 2.33 bits per heavy atom. The smallest absolute Gasteiger partial charge is 0.0830 e. The predicted octanol–water partition coefficient (Wildman–Crippen LogP) is 4.23. The van der Waals surface area contributed by atoms with E-state index in [1.54, 1.807) is 0 Å². The fraction of sp³-hybridized carbons (Fsp3) is 0.250. The fourth-order valence-electron chi connectivity index (χ4n) is 1.88. The number of hydrogen-bond acceptors (Lipinski definition) is 1. The summed E-state index contributed by atoms with van der Waals surface area (Å²) >= 11 is 6.07. The molecule has 0 saturated carbocycles. The minimum Gasteiger partial charge on any atom is -0.388 e. The number of aryl methyl sites for hydroxylation is 2. The summed E-state index contributed by atoms with van der Waals surface area (Å²) in [6.45, 7) is 4.01. The zero-order valence-electron chi connectivity index (χ0n) is 10.7. The van der Waals surface area contributed by atoms with E-state index in [-0.39, 0.29) is 0 Å². The van der Waals surface area contributed by atoms with Gasteiger partial charge in [0.25, 0.3) is 0 Å². The SMILES string of the molecule is Cc1ccc(CC(O)c2ccc(C)c(Cl)c2)cc1. The van der Waals surface area contributed by atoms with Crippen LogP contribution in [0, 0.1) is 13.8 Å². The third-order valence-electron chi connectivity index (χ3n) is 3.13. The molecule has 0 aromatic heterocycles. The number of hydrogen-bond donors (Lipinski definition) is 1. The van der Waals surface area contributed by atoms with Crippen molar-refractivity contribution in [1.29, 1.82) is 0 Å². The van der Waals surface area contributed by atoms with E-state index in [1.807, 2.05) is 37.3 Å². The normalized spacial score (nSPS) is 12.4. The van der Waals surface area contributed by atoms with Gasteiger partial charge in [-0.25, -0.2) is 0 Å². The molecule has 0 aliphatic heterocycles. The molecule has 0 spiro atoms. The molecule has 94 valence electrons. The summed E-state index contributed by atoms with van der Waals surface area (Å²) in [5.74, 6) is 0. The third-order valence-corrected chi connectivity index (χ3v) is 3.54. The van der Waals surface area contributed by atoms with Gasteiger partial charge in [0.15, 0.2) is 0 Å². The van der Waals surface area contributed by atoms with Crippen molar-refractivity contribution in [3.05, 3.63) is 69.7 Å². The Bertz CT molecular complexity index is 531. The first-order valence-corrected chi connectivity index (χ1v) is 6.44. The van der Waals surface area contributed by atoms with E-state index in [9.17, 15) is 5.11 Å². The number of rotatable bonds is 3. The molecule has 2 rings (SSSR count). The molecule has 18 heavy (non-hydrogen) atoms. The lowest BCUT2D eigenvalue weighted by Crippen LogP contribution is -2.02. The Kier molecular flexibility index (Phi) is 4.05. The van der Waals surface area contributed by atoms with Gasteiger partial charge in [0.2, 0.25) is 0 Å². The van der Waals surface area contributed by atoms with Gasteiger partial charge < -0.3 is 5.11 Å². The zero-order valence-corrected chi connectivity index (χ0v) is 11.4. The largest absolute Gasteiger partial charge is 0.388 e. The summed E-state index contributed by atoms with van der Waals surface area (Å²) in [6, 6.07) is 13.9. The maximum Gasteiger partial charge on any atom is 0.0830 e. The average Bonchev–Trinajstić information content (AvgIpc) is 2.35.